The number of aromatic amines is 1. The summed E-state index contributed by atoms with van der Waals surface area (Å²) in [6.07, 6.45) is -4.49. The third kappa shape index (κ3) is 3.73. The molecule has 0 bridgehead atoms. The van der Waals surface area contributed by atoms with Gasteiger partial charge in [0, 0.05) is 11.3 Å². The van der Waals surface area contributed by atoms with Crippen LogP contribution in [0.25, 0.3) is 11.4 Å². The summed E-state index contributed by atoms with van der Waals surface area (Å²) in [5.41, 5.74) is -0.425. The van der Waals surface area contributed by atoms with Crippen molar-refractivity contribution in [1.82, 2.24) is 15.3 Å². The van der Waals surface area contributed by atoms with Gasteiger partial charge in [-0.05, 0) is 26.0 Å². The van der Waals surface area contributed by atoms with E-state index in [9.17, 15) is 22.8 Å². The number of aliphatic carboxylic acids is 1. The van der Waals surface area contributed by atoms with Crippen molar-refractivity contribution in [1.29, 1.82) is 0 Å². The smallest absolute Gasteiger partial charge is 0.416 e. The number of H-pyrrole nitrogens is 1. The first kappa shape index (κ1) is 17.5. The van der Waals surface area contributed by atoms with Crippen LogP contribution in [0.4, 0.5) is 13.2 Å². The molecule has 1 heterocycles. The Morgan fingerprint density at radius 3 is 2.58 bits per heavy atom. The number of carbonyl (C=O) groups is 2. The van der Waals surface area contributed by atoms with Crippen molar-refractivity contribution in [3.63, 3.8) is 0 Å². The second-order valence-corrected chi connectivity index (χ2v) is 5.17. The predicted octanol–water partition coefficient (Wildman–Crippen LogP) is 2.61. The molecule has 0 aliphatic heterocycles. The van der Waals surface area contributed by atoms with E-state index < -0.39 is 29.7 Å². The molecule has 0 saturated carbocycles. The highest BCUT2D eigenvalue weighted by atomic mass is 19.4. The average Bonchev–Trinajstić information content (AvgIpc) is 2.88. The molecule has 1 aromatic carbocycles. The van der Waals surface area contributed by atoms with Crippen LogP contribution >= 0.6 is 0 Å². The lowest BCUT2D eigenvalue weighted by atomic mass is 10.1. The number of alkyl halides is 3. The van der Waals surface area contributed by atoms with Crippen LogP contribution in [-0.2, 0) is 11.0 Å². The normalized spacial score (nSPS) is 12.7. The fourth-order valence-corrected chi connectivity index (χ4v) is 1.99. The van der Waals surface area contributed by atoms with Crippen LogP contribution < -0.4 is 5.32 Å². The molecule has 2 aromatic rings. The van der Waals surface area contributed by atoms with Crippen LogP contribution in [0, 0.1) is 6.92 Å². The molecule has 1 amide bonds. The zero-order valence-corrected chi connectivity index (χ0v) is 12.7. The lowest BCUT2D eigenvalue weighted by Gasteiger charge is -2.08. The van der Waals surface area contributed by atoms with Gasteiger partial charge in [0.05, 0.1) is 5.56 Å². The van der Waals surface area contributed by atoms with Gasteiger partial charge < -0.3 is 15.4 Å². The van der Waals surface area contributed by atoms with E-state index in [-0.39, 0.29) is 17.1 Å². The first-order chi connectivity index (χ1) is 11.1. The highest BCUT2D eigenvalue weighted by Gasteiger charge is 2.30. The van der Waals surface area contributed by atoms with Crippen molar-refractivity contribution in [3.05, 3.63) is 41.2 Å². The Morgan fingerprint density at radius 1 is 1.33 bits per heavy atom. The van der Waals surface area contributed by atoms with E-state index in [2.05, 4.69) is 15.3 Å². The van der Waals surface area contributed by atoms with Gasteiger partial charge in [-0.1, -0.05) is 12.1 Å². The number of aromatic nitrogens is 2. The van der Waals surface area contributed by atoms with Crippen LogP contribution in [0.2, 0.25) is 0 Å². The van der Waals surface area contributed by atoms with Crippen LogP contribution in [0.3, 0.4) is 0 Å². The van der Waals surface area contributed by atoms with Gasteiger partial charge in [0.15, 0.2) is 0 Å². The summed E-state index contributed by atoms with van der Waals surface area (Å²) < 4.78 is 38.3. The lowest BCUT2D eigenvalue weighted by molar-refractivity contribution is -0.139. The third-order valence-corrected chi connectivity index (χ3v) is 3.28. The zero-order valence-electron chi connectivity index (χ0n) is 12.7. The van der Waals surface area contributed by atoms with E-state index in [1.54, 1.807) is 0 Å². The zero-order chi connectivity index (χ0) is 18.1. The SMILES string of the molecule is Cc1[nH]c(-c2cccc(C(F)(F)F)c2)nc1C(=O)N[C@@H](C)C(=O)O. The van der Waals surface area contributed by atoms with Crippen LogP contribution in [0.5, 0.6) is 0 Å². The minimum atomic E-state index is -4.49. The van der Waals surface area contributed by atoms with E-state index in [4.69, 9.17) is 5.11 Å². The van der Waals surface area contributed by atoms with Crippen molar-refractivity contribution in [2.75, 3.05) is 0 Å². The van der Waals surface area contributed by atoms with Crippen LogP contribution in [0.15, 0.2) is 24.3 Å². The number of rotatable bonds is 4. The van der Waals surface area contributed by atoms with Gasteiger partial charge in [-0.15, -0.1) is 0 Å². The fourth-order valence-electron chi connectivity index (χ4n) is 1.99. The molecule has 1 atom stereocenters. The molecular formula is C15H14F3N3O3. The number of hydrogen-bond acceptors (Lipinski definition) is 3. The largest absolute Gasteiger partial charge is 0.480 e. The molecule has 0 aliphatic rings. The number of imidazole rings is 1. The molecule has 6 nitrogen and oxygen atoms in total. The van der Waals surface area contributed by atoms with Gasteiger partial charge in [0.25, 0.3) is 5.91 Å². The third-order valence-electron chi connectivity index (χ3n) is 3.28. The summed E-state index contributed by atoms with van der Waals surface area (Å²) in [4.78, 5) is 29.5. The van der Waals surface area contributed by atoms with Crippen molar-refractivity contribution in [3.8, 4) is 11.4 Å². The number of aryl methyl sites for hydroxylation is 1. The maximum absolute atomic E-state index is 12.8. The molecule has 1 aromatic heterocycles. The lowest BCUT2D eigenvalue weighted by Crippen LogP contribution is -2.38. The minimum absolute atomic E-state index is 0.0736. The molecule has 0 fully saturated rings. The molecule has 0 radical (unpaired) electrons. The second-order valence-electron chi connectivity index (χ2n) is 5.17. The maximum Gasteiger partial charge on any atom is 0.416 e. The number of nitrogens with zero attached hydrogens (tertiary/aromatic N) is 1. The Balaban J connectivity index is 2.32. The van der Waals surface area contributed by atoms with Gasteiger partial charge in [-0.3, -0.25) is 9.59 Å². The molecule has 0 spiro atoms. The molecular weight excluding hydrogens is 327 g/mol. The number of benzene rings is 1. The van der Waals surface area contributed by atoms with Crippen molar-refractivity contribution in [2.24, 2.45) is 0 Å². The molecule has 0 unspecified atom stereocenters. The van der Waals surface area contributed by atoms with Gasteiger partial charge in [0.1, 0.15) is 17.6 Å². The first-order valence-corrected chi connectivity index (χ1v) is 6.87. The van der Waals surface area contributed by atoms with E-state index in [1.165, 1.54) is 26.0 Å². The van der Waals surface area contributed by atoms with Gasteiger partial charge in [-0.2, -0.15) is 13.2 Å². The number of amides is 1. The second kappa shape index (κ2) is 6.34. The quantitative estimate of drug-likeness (QED) is 0.797. The van der Waals surface area contributed by atoms with E-state index in [0.717, 1.165) is 12.1 Å². The molecule has 3 N–H and O–H groups in total. The molecule has 9 heteroatoms. The van der Waals surface area contributed by atoms with Gasteiger partial charge >= 0.3 is 12.1 Å². The Labute approximate surface area is 134 Å². The summed E-state index contributed by atoms with van der Waals surface area (Å²) >= 11 is 0. The summed E-state index contributed by atoms with van der Waals surface area (Å²) in [6.45, 7) is 2.81. The summed E-state index contributed by atoms with van der Waals surface area (Å²) in [5, 5.41) is 11.0. The Kier molecular flexibility index (Phi) is 4.63. The Morgan fingerprint density at radius 2 is 2.00 bits per heavy atom. The van der Waals surface area contributed by atoms with Gasteiger partial charge in [0.2, 0.25) is 0 Å². The predicted molar refractivity (Wildman–Crippen MR) is 78.3 cm³/mol. The first-order valence-electron chi connectivity index (χ1n) is 6.87. The topological polar surface area (TPSA) is 95.1 Å². The van der Waals surface area contributed by atoms with E-state index in [1.807, 2.05) is 0 Å². The number of hydrogen-bond donors (Lipinski definition) is 3. The molecule has 0 aliphatic carbocycles. The highest BCUT2D eigenvalue weighted by Crippen LogP contribution is 2.31. The van der Waals surface area contributed by atoms with Gasteiger partial charge in [-0.25, -0.2) is 4.98 Å². The number of carbonyl (C=O) groups excluding carboxylic acids is 1. The fraction of sp³-hybridized carbons (Fsp3) is 0.267. The Bertz CT molecular complexity index is 784. The highest BCUT2D eigenvalue weighted by molar-refractivity contribution is 5.96. The summed E-state index contributed by atoms with van der Waals surface area (Å²) in [5.74, 6) is -1.85. The monoisotopic (exact) mass is 341 g/mol. The minimum Gasteiger partial charge on any atom is -0.480 e. The molecule has 24 heavy (non-hydrogen) atoms. The molecule has 2 rings (SSSR count). The van der Waals surface area contributed by atoms with E-state index >= 15 is 0 Å². The molecule has 0 saturated heterocycles. The van der Waals surface area contributed by atoms with Crippen LogP contribution in [-0.4, -0.2) is 33.0 Å². The number of carboxylic acids is 1. The van der Waals surface area contributed by atoms with E-state index in [0.29, 0.717) is 5.69 Å². The molecule has 128 valence electrons. The Hall–Kier alpha value is -2.84. The van der Waals surface area contributed by atoms with Crippen molar-refractivity contribution >= 4 is 11.9 Å². The number of halogens is 3. The average molecular weight is 341 g/mol. The summed E-state index contributed by atoms with van der Waals surface area (Å²) in [6, 6.07) is 3.39. The van der Waals surface area contributed by atoms with Crippen LogP contribution in [0.1, 0.15) is 28.7 Å². The summed E-state index contributed by atoms with van der Waals surface area (Å²) in [7, 11) is 0. The number of nitrogens with one attached hydrogen (secondary N) is 2. The number of carboxylic acid groups (broad SMARTS) is 1. The van der Waals surface area contributed by atoms with Crippen molar-refractivity contribution in [2.45, 2.75) is 26.1 Å². The standard InChI is InChI=1S/C15H14F3N3O3/c1-7-11(13(22)20-8(2)14(23)24)21-12(19-7)9-4-3-5-10(6-9)15(16,17)18/h3-6,8H,1-2H3,(H,19,21)(H,20,22)(H,23,24)/t8-/m0/s1. The maximum atomic E-state index is 12.8. The van der Waals surface area contributed by atoms with Crippen molar-refractivity contribution < 1.29 is 27.9 Å².